The maximum atomic E-state index is 10.6. The minimum Gasteiger partial charge on any atom is -0.481 e. The molecule has 78 valence electrons. The molecule has 0 saturated carbocycles. The first kappa shape index (κ1) is 9.92. The van der Waals surface area contributed by atoms with Crippen LogP contribution < -0.4 is 0 Å². The van der Waals surface area contributed by atoms with Gasteiger partial charge in [0, 0.05) is 6.92 Å². The van der Waals surface area contributed by atoms with Gasteiger partial charge >= 0.3 is 5.97 Å². The van der Waals surface area contributed by atoms with Crippen molar-refractivity contribution < 1.29 is 14.3 Å². The first-order valence-electron chi connectivity index (χ1n) is 4.39. The van der Waals surface area contributed by atoms with Crippen molar-refractivity contribution >= 4 is 17.3 Å². The third kappa shape index (κ3) is 2.07. The van der Waals surface area contributed by atoms with Crippen molar-refractivity contribution in [1.29, 1.82) is 0 Å². The second-order valence-corrected chi connectivity index (χ2v) is 4.00. The second kappa shape index (κ2) is 3.86. The molecule has 0 atom stereocenters. The Hall–Kier alpha value is -1.62. The van der Waals surface area contributed by atoms with E-state index in [9.17, 15) is 4.79 Å². The zero-order valence-electron chi connectivity index (χ0n) is 8.06. The largest absolute Gasteiger partial charge is 0.481 e. The topological polar surface area (TPSA) is 63.3 Å². The predicted octanol–water partition coefficient (Wildman–Crippen LogP) is 2.34. The van der Waals surface area contributed by atoms with E-state index in [1.807, 2.05) is 17.5 Å². The summed E-state index contributed by atoms with van der Waals surface area (Å²) in [5, 5.41) is 10.6. The predicted molar refractivity (Wildman–Crippen MR) is 55.9 cm³/mol. The normalized spacial score (nSPS) is 10.5. The molecule has 2 rings (SSSR count). The molecule has 0 unspecified atom stereocenters. The summed E-state index contributed by atoms with van der Waals surface area (Å²) in [4.78, 5) is 15.7. The summed E-state index contributed by atoms with van der Waals surface area (Å²) in [6, 6.07) is 3.79. The zero-order chi connectivity index (χ0) is 10.8. The second-order valence-electron chi connectivity index (χ2n) is 3.05. The number of aliphatic carboxylic acids is 1. The van der Waals surface area contributed by atoms with Crippen LogP contribution in [0.1, 0.15) is 11.7 Å². The van der Waals surface area contributed by atoms with Gasteiger partial charge in [-0.25, -0.2) is 4.98 Å². The number of oxazole rings is 1. The number of carboxylic acids is 1. The summed E-state index contributed by atoms with van der Waals surface area (Å²) in [6.07, 6.45) is -0.131. The molecule has 0 aliphatic rings. The van der Waals surface area contributed by atoms with E-state index < -0.39 is 5.97 Å². The van der Waals surface area contributed by atoms with Crippen LogP contribution in [0.3, 0.4) is 0 Å². The molecule has 2 heterocycles. The smallest absolute Gasteiger partial charge is 0.311 e. The lowest BCUT2D eigenvalue weighted by Crippen LogP contribution is -1.99. The minimum atomic E-state index is -0.913. The lowest BCUT2D eigenvalue weighted by atomic mass is 10.2. The minimum absolute atomic E-state index is 0.131. The van der Waals surface area contributed by atoms with Crippen LogP contribution in [-0.2, 0) is 11.2 Å². The van der Waals surface area contributed by atoms with Gasteiger partial charge in [0.15, 0.2) is 5.89 Å². The van der Waals surface area contributed by atoms with Gasteiger partial charge < -0.3 is 9.52 Å². The fraction of sp³-hybridized carbons (Fsp3) is 0.200. The van der Waals surface area contributed by atoms with Crippen LogP contribution in [0.15, 0.2) is 21.9 Å². The van der Waals surface area contributed by atoms with Gasteiger partial charge in [-0.2, -0.15) is 0 Å². The summed E-state index contributed by atoms with van der Waals surface area (Å²) in [7, 11) is 0. The Labute approximate surface area is 90.2 Å². The zero-order valence-corrected chi connectivity index (χ0v) is 8.87. The molecule has 0 amide bonds. The van der Waals surface area contributed by atoms with E-state index in [-0.39, 0.29) is 6.42 Å². The molecule has 2 aromatic rings. The highest BCUT2D eigenvalue weighted by atomic mass is 32.1. The van der Waals surface area contributed by atoms with Crippen molar-refractivity contribution in [3.63, 3.8) is 0 Å². The average Bonchev–Trinajstić information content (AvgIpc) is 2.72. The van der Waals surface area contributed by atoms with Gasteiger partial charge in [0.1, 0.15) is 17.9 Å². The average molecular weight is 223 g/mol. The number of rotatable bonds is 3. The molecule has 0 aromatic carbocycles. The van der Waals surface area contributed by atoms with E-state index in [1.54, 1.807) is 6.92 Å². The van der Waals surface area contributed by atoms with Crippen molar-refractivity contribution in [2.24, 2.45) is 0 Å². The lowest BCUT2D eigenvalue weighted by molar-refractivity contribution is -0.136. The number of aryl methyl sites for hydroxylation is 1. The monoisotopic (exact) mass is 223 g/mol. The summed E-state index contributed by atoms with van der Waals surface area (Å²) < 4.78 is 5.26. The summed E-state index contributed by atoms with van der Waals surface area (Å²) in [5.41, 5.74) is 0.643. The van der Waals surface area contributed by atoms with Crippen LogP contribution in [0.2, 0.25) is 0 Å². The first-order valence-corrected chi connectivity index (χ1v) is 5.27. The Morgan fingerprint density at radius 3 is 3.07 bits per heavy atom. The van der Waals surface area contributed by atoms with Crippen LogP contribution in [0.4, 0.5) is 0 Å². The van der Waals surface area contributed by atoms with E-state index >= 15 is 0 Å². The number of hydrogen-bond acceptors (Lipinski definition) is 4. The molecule has 5 heteroatoms. The molecule has 0 fully saturated rings. The van der Waals surface area contributed by atoms with Gasteiger partial charge in [-0.3, -0.25) is 4.79 Å². The van der Waals surface area contributed by atoms with Gasteiger partial charge in [-0.15, -0.1) is 11.3 Å². The third-order valence-corrected chi connectivity index (χ3v) is 2.75. The van der Waals surface area contributed by atoms with E-state index in [0.29, 0.717) is 17.3 Å². The van der Waals surface area contributed by atoms with Crippen LogP contribution in [0.5, 0.6) is 0 Å². The molecule has 0 radical (unpaired) electrons. The van der Waals surface area contributed by atoms with Crippen molar-refractivity contribution in [2.45, 2.75) is 13.3 Å². The Morgan fingerprint density at radius 2 is 2.47 bits per heavy atom. The SMILES string of the molecule is Cc1nc(-c2cccs2)c(CC(=O)O)o1. The Balaban J connectivity index is 2.42. The van der Waals surface area contributed by atoms with Crippen LogP contribution in [0.25, 0.3) is 10.6 Å². The number of carboxylic acid groups (broad SMARTS) is 1. The maximum absolute atomic E-state index is 10.6. The van der Waals surface area contributed by atoms with E-state index in [0.717, 1.165) is 4.88 Å². The van der Waals surface area contributed by atoms with Crippen LogP contribution in [0, 0.1) is 6.92 Å². The molecular weight excluding hydrogens is 214 g/mol. The van der Waals surface area contributed by atoms with Crippen molar-refractivity contribution in [3.05, 3.63) is 29.2 Å². The van der Waals surface area contributed by atoms with Crippen LogP contribution in [-0.4, -0.2) is 16.1 Å². The van der Waals surface area contributed by atoms with Gasteiger partial charge in [0.25, 0.3) is 0 Å². The van der Waals surface area contributed by atoms with Crippen molar-refractivity contribution in [3.8, 4) is 10.6 Å². The molecule has 0 aliphatic heterocycles. The van der Waals surface area contributed by atoms with Crippen molar-refractivity contribution in [2.75, 3.05) is 0 Å². The molecular formula is C10H9NO3S. The highest BCUT2D eigenvalue weighted by molar-refractivity contribution is 7.13. The van der Waals surface area contributed by atoms with Gasteiger partial charge in [0.2, 0.25) is 0 Å². The Bertz CT molecular complexity index is 473. The molecule has 15 heavy (non-hydrogen) atoms. The van der Waals surface area contributed by atoms with Crippen LogP contribution >= 0.6 is 11.3 Å². The third-order valence-electron chi connectivity index (χ3n) is 1.87. The van der Waals surface area contributed by atoms with Crippen molar-refractivity contribution in [1.82, 2.24) is 4.98 Å². The highest BCUT2D eigenvalue weighted by Crippen LogP contribution is 2.28. The fourth-order valence-electron chi connectivity index (χ4n) is 1.33. The first-order chi connectivity index (χ1) is 7.16. The molecule has 2 aromatic heterocycles. The Kier molecular flexibility index (Phi) is 2.55. The van der Waals surface area contributed by atoms with Gasteiger partial charge in [-0.05, 0) is 11.4 Å². The molecule has 0 aliphatic carbocycles. The van der Waals surface area contributed by atoms with Gasteiger partial charge in [0.05, 0.1) is 4.88 Å². The summed E-state index contributed by atoms with van der Waals surface area (Å²) >= 11 is 1.52. The number of nitrogens with zero attached hydrogens (tertiary/aromatic N) is 1. The lowest BCUT2D eigenvalue weighted by Gasteiger charge is -1.93. The van der Waals surface area contributed by atoms with Gasteiger partial charge in [-0.1, -0.05) is 6.07 Å². The fourth-order valence-corrected chi connectivity index (χ4v) is 2.06. The molecule has 1 N–H and O–H groups in total. The van der Waals surface area contributed by atoms with E-state index in [4.69, 9.17) is 9.52 Å². The number of carbonyl (C=O) groups is 1. The summed E-state index contributed by atoms with van der Waals surface area (Å²) in [6.45, 7) is 1.71. The van der Waals surface area contributed by atoms with E-state index in [2.05, 4.69) is 4.98 Å². The Morgan fingerprint density at radius 1 is 1.67 bits per heavy atom. The molecule has 0 spiro atoms. The number of hydrogen-bond donors (Lipinski definition) is 1. The maximum Gasteiger partial charge on any atom is 0.311 e. The summed E-state index contributed by atoms with van der Waals surface area (Å²) in [5.74, 6) is 0.000978. The quantitative estimate of drug-likeness (QED) is 0.867. The molecule has 4 nitrogen and oxygen atoms in total. The molecule has 0 bridgehead atoms. The number of aromatic nitrogens is 1. The highest BCUT2D eigenvalue weighted by Gasteiger charge is 2.16. The standard InChI is InChI=1S/C10H9NO3S/c1-6-11-10(8-3-2-4-15-8)7(14-6)5-9(12)13/h2-4H,5H2,1H3,(H,12,13). The number of thiophene rings is 1. The van der Waals surface area contributed by atoms with E-state index in [1.165, 1.54) is 11.3 Å². The molecule has 0 saturated heterocycles.